The maximum absolute atomic E-state index is 12.4. The third-order valence-corrected chi connectivity index (χ3v) is 4.78. The van der Waals surface area contributed by atoms with Crippen LogP contribution in [0.2, 0.25) is 10.0 Å². The molecule has 0 saturated carbocycles. The third-order valence-electron chi connectivity index (χ3n) is 3.31. The second-order valence-electron chi connectivity index (χ2n) is 4.92. The highest BCUT2D eigenvalue weighted by molar-refractivity contribution is 7.13. The van der Waals surface area contributed by atoms with Crippen LogP contribution >= 0.6 is 34.5 Å². The topological polar surface area (TPSA) is 77.2 Å². The molecule has 3 aromatic rings. The molecule has 25 heavy (non-hydrogen) atoms. The van der Waals surface area contributed by atoms with Crippen molar-refractivity contribution in [3.63, 3.8) is 0 Å². The predicted molar refractivity (Wildman–Crippen MR) is 96.7 cm³/mol. The van der Waals surface area contributed by atoms with Gasteiger partial charge in [0.05, 0.1) is 22.0 Å². The number of aromatic nitrogens is 2. The smallest absolute Gasteiger partial charge is 0.257 e. The number of methoxy groups -OCH3 is 1. The number of ether oxygens (including phenoxy) is 1. The van der Waals surface area contributed by atoms with Crippen molar-refractivity contribution in [1.29, 1.82) is 0 Å². The van der Waals surface area contributed by atoms with E-state index in [-0.39, 0.29) is 22.2 Å². The van der Waals surface area contributed by atoms with E-state index in [0.717, 1.165) is 4.88 Å². The molecule has 0 bridgehead atoms. The summed E-state index contributed by atoms with van der Waals surface area (Å²) in [5.41, 5.74) is 0.196. The SMILES string of the molecule is COc1c(Cl)ccc(Cl)c1C(=O)NCCc1nnc(-c2cccs2)o1. The standard InChI is InChI=1S/C16H13Cl2N3O3S/c1-23-14-10(18)5-4-9(17)13(14)15(22)19-7-6-12-20-21-16(24-12)11-3-2-8-25-11/h2-5,8H,6-7H2,1H3,(H,19,22). The van der Waals surface area contributed by atoms with Crippen LogP contribution in [0.4, 0.5) is 0 Å². The highest BCUT2D eigenvalue weighted by atomic mass is 35.5. The third kappa shape index (κ3) is 3.95. The van der Waals surface area contributed by atoms with Gasteiger partial charge in [-0.2, -0.15) is 0 Å². The van der Waals surface area contributed by atoms with Gasteiger partial charge in [-0.05, 0) is 23.6 Å². The minimum Gasteiger partial charge on any atom is -0.494 e. The molecule has 0 aliphatic rings. The fraction of sp³-hybridized carbons (Fsp3) is 0.188. The summed E-state index contributed by atoms with van der Waals surface area (Å²) in [5.74, 6) is 0.760. The summed E-state index contributed by atoms with van der Waals surface area (Å²) in [7, 11) is 1.43. The number of nitrogens with zero attached hydrogens (tertiary/aromatic N) is 2. The van der Waals surface area contributed by atoms with Gasteiger partial charge in [0.15, 0.2) is 5.75 Å². The van der Waals surface area contributed by atoms with Gasteiger partial charge in [-0.1, -0.05) is 29.3 Å². The van der Waals surface area contributed by atoms with Crippen LogP contribution in [-0.4, -0.2) is 29.8 Å². The van der Waals surface area contributed by atoms with E-state index in [0.29, 0.717) is 29.8 Å². The van der Waals surface area contributed by atoms with E-state index in [1.807, 2.05) is 17.5 Å². The Hall–Kier alpha value is -2.09. The predicted octanol–water partition coefficient (Wildman–Crippen LogP) is 4.09. The fourth-order valence-corrected chi connectivity index (χ4v) is 3.28. The lowest BCUT2D eigenvalue weighted by Crippen LogP contribution is -2.26. The molecule has 0 aliphatic carbocycles. The van der Waals surface area contributed by atoms with Gasteiger partial charge in [0, 0.05) is 13.0 Å². The summed E-state index contributed by atoms with van der Waals surface area (Å²) >= 11 is 13.6. The molecule has 0 spiro atoms. The Morgan fingerprint density at radius 1 is 1.28 bits per heavy atom. The van der Waals surface area contributed by atoms with E-state index in [4.69, 9.17) is 32.4 Å². The normalized spacial score (nSPS) is 10.7. The first-order chi connectivity index (χ1) is 12.1. The molecule has 9 heteroatoms. The van der Waals surface area contributed by atoms with Crippen molar-refractivity contribution < 1.29 is 13.9 Å². The average Bonchev–Trinajstić information content (AvgIpc) is 3.27. The minimum atomic E-state index is -0.387. The number of carbonyl (C=O) groups is 1. The van der Waals surface area contributed by atoms with Crippen molar-refractivity contribution in [2.75, 3.05) is 13.7 Å². The van der Waals surface area contributed by atoms with E-state index < -0.39 is 0 Å². The van der Waals surface area contributed by atoms with Gasteiger partial charge in [-0.15, -0.1) is 21.5 Å². The van der Waals surface area contributed by atoms with Gasteiger partial charge in [0.25, 0.3) is 11.8 Å². The number of rotatable bonds is 6. The molecule has 6 nitrogen and oxygen atoms in total. The Bertz CT molecular complexity index is 881. The van der Waals surface area contributed by atoms with Gasteiger partial charge in [-0.25, -0.2) is 0 Å². The zero-order valence-corrected chi connectivity index (χ0v) is 15.4. The summed E-state index contributed by atoms with van der Waals surface area (Å²) in [6, 6.07) is 6.93. The minimum absolute atomic E-state index is 0.196. The molecular formula is C16H13Cl2N3O3S. The molecule has 0 saturated heterocycles. The van der Waals surface area contributed by atoms with Crippen molar-refractivity contribution in [2.45, 2.75) is 6.42 Å². The van der Waals surface area contributed by atoms with Gasteiger partial charge < -0.3 is 14.5 Å². The van der Waals surface area contributed by atoms with Crippen LogP contribution in [0.3, 0.4) is 0 Å². The molecule has 0 aliphatic heterocycles. The molecule has 1 aromatic carbocycles. The maximum Gasteiger partial charge on any atom is 0.257 e. The van der Waals surface area contributed by atoms with Gasteiger partial charge in [-0.3, -0.25) is 4.79 Å². The van der Waals surface area contributed by atoms with Crippen molar-refractivity contribution >= 4 is 40.4 Å². The van der Waals surface area contributed by atoms with Crippen LogP contribution in [0.1, 0.15) is 16.2 Å². The van der Waals surface area contributed by atoms with Crippen molar-refractivity contribution in [3.8, 4) is 16.5 Å². The van der Waals surface area contributed by atoms with Crippen molar-refractivity contribution in [3.05, 3.63) is 51.1 Å². The van der Waals surface area contributed by atoms with Crippen LogP contribution in [-0.2, 0) is 6.42 Å². The van der Waals surface area contributed by atoms with Gasteiger partial charge in [0.1, 0.15) is 5.56 Å². The second-order valence-corrected chi connectivity index (χ2v) is 6.68. The molecular weight excluding hydrogens is 385 g/mol. The highest BCUT2D eigenvalue weighted by Gasteiger charge is 2.19. The van der Waals surface area contributed by atoms with Crippen LogP contribution in [0.5, 0.6) is 5.75 Å². The quantitative estimate of drug-likeness (QED) is 0.677. The number of carbonyl (C=O) groups excluding carboxylic acids is 1. The van der Waals surface area contributed by atoms with Crippen LogP contribution in [0, 0.1) is 0 Å². The molecule has 0 unspecified atom stereocenters. The summed E-state index contributed by atoms with van der Waals surface area (Å²) in [6.07, 6.45) is 0.393. The average molecular weight is 398 g/mol. The Morgan fingerprint density at radius 3 is 2.80 bits per heavy atom. The summed E-state index contributed by atoms with van der Waals surface area (Å²) in [5, 5.41) is 13.2. The lowest BCUT2D eigenvalue weighted by atomic mass is 10.2. The van der Waals surface area contributed by atoms with Gasteiger partial charge >= 0.3 is 0 Å². The maximum atomic E-state index is 12.4. The number of hydrogen-bond donors (Lipinski definition) is 1. The first-order valence-electron chi connectivity index (χ1n) is 7.26. The van der Waals surface area contributed by atoms with E-state index in [2.05, 4.69) is 15.5 Å². The van der Waals surface area contributed by atoms with Crippen molar-refractivity contribution in [2.24, 2.45) is 0 Å². The Balaban J connectivity index is 1.63. The Labute approximate surface area is 157 Å². The molecule has 3 rings (SSSR count). The van der Waals surface area contributed by atoms with Gasteiger partial charge in [0.2, 0.25) is 5.89 Å². The monoisotopic (exact) mass is 397 g/mol. The lowest BCUT2D eigenvalue weighted by molar-refractivity contribution is 0.0950. The van der Waals surface area contributed by atoms with Crippen LogP contribution in [0.15, 0.2) is 34.1 Å². The van der Waals surface area contributed by atoms with E-state index in [9.17, 15) is 4.79 Å². The molecule has 130 valence electrons. The number of nitrogens with one attached hydrogen (secondary N) is 1. The molecule has 2 aromatic heterocycles. The molecule has 0 atom stereocenters. The number of hydrogen-bond acceptors (Lipinski definition) is 6. The molecule has 1 amide bonds. The number of thiophene rings is 1. The Kier molecular flexibility index (Phi) is 5.57. The summed E-state index contributed by atoms with van der Waals surface area (Å²) in [4.78, 5) is 13.3. The largest absolute Gasteiger partial charge is 0.494 e. The van der Waals surface area contributed by atoms with E-state index in [1.165, 1.54) is 18.4 Å². The summed E-state index contributed by atoms with van der Waals surface area (Å²) < 4.78 is 10.7. The zero-order valence-electron chi connectivity index (χ0n) is 13.1. The lowest BCUT2D eigenvalue weighted by Gasteiger charge is -2.11. The molecule has 0 fully saturated rings. The molecule has 1 N–H and O–H groups in total. The van der Waals surface area contributed by atoms with Crippen molar-refractivity contribution in [1.82, 2.24) is 15.5 Å². The van der Waals surface area contributed by atoms with Crippen LogP contribution < -0.4 is 10.1 Å². The first kappa shape index (κ1) is 17.7. The first-order valence-corrected chi connectivity index (χ1v) is 8.90. The second kappa shape index (κ2) is 7.86. The van der Waals surface area contributed by atoms with E-state index in [1.54, 1.807) is 12.1 Å². The molecule has 0 radical (unpaired) electrons. The molecule has 2 heterocycles. The Morgan fingerprint density at radius 2 is 2.08 bits per heavy atom. The van der Waals surface area contributed by atoms with E-state index >= 15 is 0 Å². The zero-order chi connectivity index (χ0) is 17.8. The fourth-order valence-electron chi connectivity index (χ4n) is 2.17. The highest BCUT2D eigenvalue weighted by Crippen LogP contribution is 2.33. The van der Waals surface area contributed by atoms with Crippen LogP contribution in [0.25, 0.3) is 10.8 Å². The number of amides is 1. The summed E-state index contributed by atoms with van der Waals surface area (Å²) in [6.45, 7) is 0.302. The number of benzene rings is 1. The number of halogens is 2.